The fraction of sp³-hybridized carbons (Fsp3) is 0.818. The van der Waals surface area contributed by atoms with Crippen molar-refractivity contribution in [3.05, 3.63) is 23.8 Å². The number of hydrogen-bond donors (Lipinski definition) is 0. The van der Waals surface area contributed by atoms with E-state index in [1.807, 2.05) is 0 Å². The van der Waals surface area contributed by atoms with Crippen molar-refractivity contribution in [1.82, 2.24) is 0 Å². The summed E-state index contributed by atoms with van der Waals surface area (Å²) in [5.41, 5.74) is 1.27. The summed E-state index contributed by atoms with van der Waals surface area (Å²) in [6.45, 7) is 8.47. The van der Waals surface area contributed by atoms with Crippen LogP contribution in [-0.2, 0) is 6.42 Å². The molecule has 0 fully saturated rings. The second-order valence-electron chi connectivity index (χ2n) is 10.5. The molecule has 0 aromatic heterocycles. The number of benzene rings is 1. The summed E-state index contributed by atoms with van der Waals surface area (Å²) >= 11 is 0. The molecule has 2 heteroatoms. The van der Waals surface area contributed by atoms with Gasteiger partial charge < -0.3 is 9.47 Å². The van der Waals surface area contributed by atoms with Gasteiger partial charge in [-0.25, -0.2) is 0 Å². The highest BCUT2D eigenvalue weighted by Crippen LogP contribution is 2.30. The maximum atomic E-state index is 6.23. The van der Waals surface area contributed by atoms with Gasteiger partial charge in [0.05, 0.1) is 13.2 Å². The molecule has 0 atom stereocenters. The van der Waals surface area contributed by atoms with Gasteiger partial charge >= 0.3 is 0 Å². The second-order valence-corrected chi connectivity index (χ2v) is 10.5. The molecule has 1 rings (SSSR count). The van der Waals surface area contributed by atoms with Crippen LogP contribution in [0.1, 0.15) is 161 Å². The van der Waals surface area contributed by atoms with Crippen LogP contribution in [0.15, 0.2) is 18.2 Å². The molecule has 2 nitrogen and oxygen atoms in total. The third kappa shape index (κ3) is 17.8. The van der Waals surface area contributed by atoms with E-state index in [1.54, 1.807) is 0 Å². The van der Waals surface area contributed by atoms with Crippen LogP contribution in [0.25, 0.3) is 0 Å². The van der Waals surface area contributed by atoms with E-state index in [4.69, 9.17) is 9.47 Å². The molecule has 1 aromatic rings. The number of unbranched alkanes of at least 4 members (excludes halogenated alkanes) is 18. The lowest BCUT2D eigenvalue weighted by molar-refractivity contribution is 0.284. The maximum absolute atomic E-state index is 6.23. The van der Waals surface area contributed by atoms with Crippen molar-refractivity contribution in [3.63, 3.8) is 0 Å². The number of ether oxygens (including phenoxy) is 2. The van der Waals surface area contributed by atoms with Gasteiger partial charge in [-0.1, -0.05) is 149 Å². The van der Waals surface area contributed by atoms with Crippen molar-refractivity contribution < 1.29 is 9.47 Å². The van der Waals surface area contributed by atoms with Crippen LogP contribution in [-0.4, -0.2) is 13.2 Å². The summed E-state index contributed by atoms with van der Waals surface area (Å²) in [5, 5.41) is 0. The molecular formula is C33H60O2. The average molecular weight is 489 g/mol. The van der Waals surface area contributed by atoms with Gasteiger partial charge in [0.2, 0.25) is 0 Å². The van der Waals surface area contributed by atoms with Crippen molar-refractivity contribution in [3.8, 4) is 11.5 Å². The zero-order valence-corrected chi connectivity index (χ0v) is 24.0. The summed E-state index contributed by atoms with van der Waals surface area (Å²) in [5.74, 6) is 2.09. The molecule has 0 heterocycles. The van der Waals surface area contributed by atoms with Gasteiger partial charge in [0.25, 0.3) is 0 Å². The van der Waals surface area contributed by atoms with Crippen molar-refractivity contribution >= 4 is 0 Å². The van der Waals surface area contributed by atoms with E-state index in [1.165, 1.54) is 121 Å². The summed E-state index contributed by atoms with van der Waals surface area (Å²) in [4.78, 5) is 0. The topological polar surface area (TPSA) is 18.5 Å². The molecule has 35 heavy (non-hydrogen) atoms. The Hall–Kier alpha value is -1.18. The Bertz CT molecular complexity index is 524. The summed E-state index contributed by atoms with van der Waals surface area (Å²) in [7, 11) is 0. The third-order valence-corrected chi connectivity index (χ3v) is 7.10. The van der Waals surface area contributed by atoms with Gasteiger partial charge in [-0.05, 0) is 31.4 Å². The molecule has 0 aliphatic rings. The van der Waals surface area contributed by atoms with Crippen LogP contribution >= 0.6 is 0 Å². The largest absolute Gasteiger partial charge is 0.493 e. The van der Waals surface area contributed by atoms with E-state index in [0.29, 0.717) is 0 Å². The molecule has 0 saturated carbocycles. The fourth-order valence-electron chi connectivity index (χ4n) is 4.86. The fourth-order valence-corrected chi connectivity index (χ4v) is 4.86. The van der Waals surface area contributed by atoms with Gasteiger partial charge in [0, 0.05) is 5.56 Å². The summed E-state index contributed by atoms with van der Waals surface area (Å²) in [6, 6.07) is 6.37. The molecule has 0 bridgehead atoms. The standard InChI is InChI=1S/C33H60O2/c1-4-7-9-11-13-15-17-19-21-23-29-34-32-27-25-28-33(31(32)26-6-3)35-30-24-22-20-18-16-14-12-10-8-5-2/h25,27-28H,4-24,26,29-30H2,1-3H3. The van der Waals surface area contributed by atoms with Crippen LogP contribution in [0.5, 0.6) is 11.5 Å². The van der Waals surface area contributed by atoms with Crippen LogP contribution in [0, 0.1) is 0 Å². The second kappa shape index (κ2) is 24.5. The Kier molecular flexibility index (Phi) is 22.3. The van der Waals surface area contributed by atoms with Crippen LogP contribution in [0.2, 0.25) is 0 Å². The first-order chi connectivity index (χ1) is 17.3. The molecular weight excluding hydrogens is 428 g/mol. The highest BCUT2D eigenvalue weighted by molar-refractivity contribution is 5.45. The molecule has 0 N–H and O–H groups in total. The first-order valence-corrected chi connectivity index (χ1v) is 15.7. The van der Waals surface area contributed by atoms with Gasteiger partial charge in [0.1, 0.15) is 11.5 Å². The minimum atomic E-state index is 0.828. The lowest BCUT2D eigenvalue weighted by Crippen LogP contribution is -2.04. The van der Waals surface area contributed by atoms with Gasteiger partial charge in [0.15, 0.2) is 0 Å². The molecule has 0 spiro atoms. The Balaban J connectivity index is 2.18. The number of hydrogen-bond acceptors (Lipinski definition) is 2. The smallest absolute Gasteiger partial charge is 0.126 e. The minimum Gasteiger partial charge on any atom is -0.493 e. The summed E-state index contributed by atoms with van der Waals surface area (Å²) in [6.07, 6.45) is 29.3. The molecule has 0 aliphatic heterocycles. The molecule has 1 aromatic carbocycles. The lowest BCUT2D eigenvalue weighted by Gasteiger charge is -2.16. The first-order valence-electron chi connectivity index (χ1n) is 15.7. The van der Waals surface area contributed by atoms with Crippen molar-refractivity contribution in [2.75, 3.05) is 13.2 Å². The highest BCUT2D eigenvalue weighted by atomic mass is 16.5. The Labute approximate surface area is 220 Å². The van der Waals surface area contributed by atoms with E-state index in [9.17, 15) is 0 Å². The quantitative estimate of drug-likeness (QED) is 0.121. The maximum Gasteiger partial charge on any atom is 0.126 e. The van der Waals surface area contributed by atoms with Gasteiger partial charge in [-0.2, -0.15) is 0 Å². The minimum absolute atomic E-state index is 0.828. The Morgan fingerprint density at radius 2 is 0.771 bits per heavy atom. The normalized spacial score (nSPS) is 11.2. The molecule has 0 amide bonds. The van der Waals surface area contributed by atoms with Crippen molar-refractivity contribution in [1.29, 1.82) is 0 Å². The average Bonchev–Trinajstić information content (AvgIpc) is 2.87. The van der Waals surface area contributed by atoms with Crippen LogP contribution in [0.4, 0.5) is 0 Å². The molecule has 204 valence electrons. The van der Waals surface area contributed by atoms with Crippen LogP contribution in [0.3, 0.4) is 0 Å². The predicted octanol–water partition coefficient (Wildman–Crippen LogP) is 11.2. The highest BCUT2D eigenvalue weighted by Gasteiger charge is 2.10. The number of rotatable bonds is 26. The zero-order valence-electron chi connectivity index (χ0n) is 24.0. The SMILES string of the molecule is CCCCCCCCCCCCOc1cccc(OCCCCCCCCCCCC)c1CCC. The summed E-state index contributed by atoms with van der Waals surface area (Å²) < 4.78 is 12.5. The van der Waals surface area contributed by atoms with Crippen molar-refractivity contribution in [2.24, 2.45) is 0 Å². The first kappa shape index (κ1) is 31.8. The van der Waals surface area contributed by atoms with E-state index in [-0.39, 0.29) is 0 Å². The van der Waals surface area contributed by atoms with Crippen LogP contribution < -0.4 is 9.47 Å². The molecule has 0 unspecified atom stereocenters. The van der Waals surface area contributed by atoms with E-state index in [2.05, 4.69) is 39.0 Å². The Morgan fingerprint density at radius 3 is 1.11 bits per heavy atom. The molecule has 0 radical (unpaired) electrons. The molecule has 0 aliphatic carbocycles. The van der Waals surface area contributed by atoms with E-state index in [0.717, 1.165) is 50.4 Å². The van der Waals surface area contributed by atoms with Crippen molar-refractivity contribution in [2.45, 2.75) is 162 Å². The zero-order chi connectivity index (χ0) is 25.2. The molecule has 0 saturated heterocycles. The lowest BCUT2D eigenvalue weighted by atomic mass is 10.1. The van der Waals surface area contributed by atoms with Gasteiger partial charge in [-0.15, -0.1) is 0 Å². The predicted molar refractivity (Wildman–Crippen MR) is 155 cm³/mol. The van der Waals surface area contributed by atoms with Gasteiger partial charge in [-0.3, -0.25) is 0 Å². The Morgan fingerprint density at radius 1 is 0.429 bits per heavy atom. The third-order valence-electron chi connectivity index (χ3n) is 7.10. The monoisotopic (exact) mass is 488 g/mol. The van der Waals surface area contributed by atoms with E-state index < -0.39 is 0 Å². The van der Waals surface area contributed by atoms with E-state index >= 15 is 0 Å².